The minimum absolute atomic E-state index is 0.190. The average molecular weight is 570 g/mol. The van der Waals surface area contributed by atoms with Crippen LogP contribution in [0.2, 0.25) is 5.02 Å². The van der Waals surface area contributed by atoms with Gasteiger partial charge in [-0.15, -0.1) is 0 Å². The quantitative estimate of drug-likeness (QED) is 0.261. The summed E-state index contributed by atoms with van der Waals surface area (Å²) in [4.78, 5) is 13.5. The zero-order valence-electron chi connectivity index (χ0n) is 21.1. The van der Waals surface area contributed by atoms with E-state index in [1.165, 1.54) is 6.07 Å². The van der Waals surface area contributed by atoms with Gasteiger partial charge in [0.05, 0.1) is 11.7 Å². The number of likely N-dealkylation sites (tertiary alicyclic amines) is 1. The van der Waals surface area contributed by atoms with Crippen LogP contribution in [0.4, 0.5) is 4.39 Å². The molecule has 2 fully saturated rings. The number of rotatable bonds is 9. The van der Waals surface area contributed by atoms with Crippen LogP contribution in [0.25, 0.3) is 0 Å². The summed E-state index contributed by atoms with van der Waals surface area (Å²) in [6.45, 7) is 1.98. The van der Waals surface area contributed by atoms with Crippen molar-refractivity contribution in [3.8, 4) is 5.75 Å². The van der Waals surface area contributed by atoms with Gasteiger partial charge in [-0.05, 0) is 62.1 Å². The summed E-state index contributed by atoms with van der Waals surface area (Å²) in [7, 11) is 0. The van der Waals surface area contributed by atoms with Crippen molar-refractivity contribution in [1.29, 1.82) is 0 Å². The first kappa shape index (κ1) is 29.6. The van der Waals surface area contributed by atoms with E-state index in [0.717, 1.165) is 17.7 Å². The summed E-state index contributed by atoms with van der Waals surface area (Å²) in [6.07, 6.45) is -8.33. The fourth-order valence-corrected chi connectivity index (χ4v) is 5.15. The molecule has 0 radical (unpaired) electrons. The van der Waals surface area contributed by atoms with Crippen molar-refractivity contribution in [3.05, 3.63) is 64.4 Å². The first-order valence-corrected chi connectivity index (χ1v) is 13.1. The van der Waals surface area contributed by atoms with Gasteiger partial charge in [0.2, 0.25) is 6.29 Å². The highest BCUT2D eigenvalue weighted by molar-refractivity contribution is 6.30. The van der Waals surface area contributed by atoms with Gasteiger partial charge < -0.3 is 45.0 Å². The first-order chi connectivity index (χ1) is 18.5. The fourth-order valence-electron chi connectivity index (χ4n) is 5.02. The molecule has 0 amide bonds. The van der Waals surface area contributed by atoms with Crippen LogP contribution >= 0.6 is 11.6 Å². The highest BCUT2D eigenvalue weighted by Gasteiger charge is 2.48. The van der Waals surface area contributed by atoms with E-state index >= 15 is 0 Å². The number of hydrogen-bond donors (Lipinski definition) is 6. The Morgan fingerprint density at radius 1 is 1.10 bits per heavy atom. The summed E-state index contributed by atoms with van der Waals surface area (Å²) >= 11 is 5.95. The lowest BCUT2D eigenvalue weighted by Crippen LogP contribution is -2.61. The van der Waals surface area contributed by atoms with E-state index in [0.29, 0.717) is 43.9 Å². The van der Waals surface area contributed by atoms with Gasteiger partial charge in [-0.2, -0.15) is 0 Å². The largest absolute Gasteiger partial charge is 0.479 e. The maximum Gasteiger partial charge on any atom is 0.335 e. The van der Waals surface area contributed by atoms with E-state index in [1.54, 1.807) is 12.1 Å². The Morgan fingerprint density at radius 2 is 1.77 bits per heavy atom. The predicted octanol–water partition coefficient (Wildman–Crippen LogP) is 1.55. The average Bonchev–Trinajstić information content (AvgIpc) is 2.90. The van der Waals surface area contributed by atoms with Crippen LogP contribution in [0.15, 0.2) is 42.5 Å². The summed E-state index contributed by atoms with van der Waals surface area (Å²) in [5, 5.41) is 61.9. The van der Waals surface area contributed by atoms with Gasteiger partial charge in [0.15, 0.2) is 6.10 Å². The lowest BCUT2D eigenvalue weighted by atomic mass is 9.84. The molecule has 0 aliphatic carbocycles. The molecule has 214 valence electrons. The molecule has 2 aliphatic rings. The molecule has 39 heavy (non-hydrogen) atoms. The summed E-state index contributed by atoms with van der Waals surface area (Å²) in [6, 6.07) is 10.6. The molecular weight excluding hydrogens is 537 g/mol. The maximum absolute atomic E-state index is 14.0. The Labute approximate surface area is 229 Å². The standard InChI is InChI=1S/C27H33ClFNO9/c28-16-5-3-15(4-6-16)27(37)9-12-30(13-10-27)11-1-2-19(31)18-8-7-17(29)14-20(18)38-26-23(34)21(32)22(33)24(39-26)25(35)36/h3-8,14,19,21-24,26,31-34,37H,1-2,9-13H2,(H,35,36)/t19-,21-,22-,23+,24-,26-/m0/s1. The zero-order chi connectivity index (χ0) is 28.3. The lowest BCUT2D eigenvalue weighted by Gasteiger charge is -2.39. The number of carboxylic acids is 1. The fraction of sp³-hybridized carbons (Fsp3) is 0.519. The Bertz CT molecular complexity index is 1130. The van der Waals surface area contributed by atoms with Crippen LogP contribution in [0.5, 0.6) is 5.75 Å². The van der Waals surface area contributed by atoms with Crippen LogP contribution in [-0.2, 0) is 15.1 Å². The molecule has 6 atom stereocenters. The molecule has 2 saturated heterocycles. The molecule has 0 saturated carbocycles. The molecular formula is C27H33ClFNO9. The number of aliphatic carboxylic acids is 1. The molecule has 2 heterocycles. The van der Waals surface area contributed by atoms with Gasteiger partial charge >= 0.3 is 5.97 Å². The van der Waals surface area contributed by atoms with Crippen molar-refractivity contribution in [2.75, 3.05) is 19.6 Å². The minimum Gasteiger partial charge on any atom is -0.479 e. The number of halogens is 2. The second-order valence-electron chi connectivity index (χ2n) is 10.1. The maximum atomic E-state index is 14.0. The van der Waals surface area contributed by atoms with Gasteiger partial charge in [-0.1, -0.05) is 23.7 Å². The van der Waals surface area contributed by atoms with Gasteiger partial charge in [0.25, 0.3) is 0 Å². The van der Waals surface area contributed by atoms with Crippen molar-refractivity contribution >= 4 is 17.6 Å². The van der Waals surface area contributed by atoms with E-state index < -0.39 is 54.2 Å². The van der Waals surface area contributed by atoms with E-state index in [9.17, 15) is 39.8 Å². The normalized spacial score (nSPS) is 28.1. The van der Waals surface area contributed by atoms with Gasteiger partial charge in [-0.25, -0.2) is 9.18 Å². The van der Waals surface area contributed by atoms with E-state index in [2.05, 4.69) is 4.90 Å². The highest BCUT2D eigenvalue weighted by atomic mass is 35.5. The number of nitrogens with zero attached hydrogens (tertiary/aromatic N) is 1. The predicted molar refractivity (Wildman–Crippen MR) is 137 cm³/mol. The second-order valence-corrected chi connectivity index (χ2v) is 10.5. The van der Waals surface area contributed by atoms with Crippen LogP contribution < -0.4 is 4.74 Å². The monoisotopic (exact) mass is 569 g/mol. The topological polar surface area (TPSA) is 160 Å². The number of carboxylic acid groups (broad SMARTS) is 1. The number of aliphatic hydroxyl groups is 5. The Morgan fingerprint density at radius 3 is 2.41 bits per heavy atom. The molecule has 12 heteroatoms. The molecule has 10 nitrogen and oxygen atoms in total. The van der Waals surface area contributed by atoms with Crippen molar-refractivity contribution in [3.63, 3.8) is 0 Å². The zero-order valence-corrected chi connectivity index (χ0v) is 21.8. The third kappa shape index (κ3) is 6.87. The van der Waals surface area contributed by atoms with Gasteiger partial charge in [0.1, 0.15) is 29.9 Å². The smallest absolute Gasteiger partial charge is 0.335 e. The first-order valence-electron chi connectivity index (χ1n) is 12.8. The number of carbonyl (C=O) groups is 1. The third-order valence-electron chi connectivity index (χ3n) is 7.41. The molecule has 0 unspecified atom stereocenters. The number of benzene rings is 2. The number of hydrogen-bond acceptors (Lipinski definition) is 9. The van der Waals surface area contributed by atoms with Crippen molar-refractivity contribution < 1.29 is 49.3 Å². The molecule has 0 aromatic heterocycles. The van der Waals surface area contributed by atoms with Gasteiger partial charge in [0, 0.05) is 29.7 Å². The number of aliphatic hydroxyl groups excluding tert-OH is 4. The SMILES string of the molecule is O=C(O)[C@H]1O[C@H](Oc2cc(F)ccc2[C@@H](O)CCCN2CCC(O)(c3ccc(Cl)cc3)CC2)[C@H](O)[C@@H](O)[C@@H]1O. The van der Waals surface area contributed by atoms with Crippen LogP contribution in [0.3, 0.4) is 0 Å². The van der Waals surface area contributed by atoms with Crippen molar-refractivity contribution in [2.45, 2.75) is 68.1 Å². The molecule has 2 aromatic rings. The van der Waals surface area contributed by atoms with Crippen LogP contribution in [0.1, 0.15) is 42.9 Å². The van der Waals surface area contributed by atoms with Crippen molar-refractivity contribution in [1.82, 2.24) is 4.90 Å². The van der Waals surface area contributed by atoms with Crippen molar-refractivity contribution in [2.24, 2.45) is 0 Å². The van der Waals surface area contributed by atoms with E-state index in [4.69, 9.17) is 21.1 Å². The summed E-state index contributed by atoms with van der Waals surface area (Å²) in [5.41, 5.74) is 0.0979. The van der Waals surface area contributed by atoms with Crippen LogP contribution in [-0.4, -0.2) is 91.8 Å². The third-order valence-corrected chi connectivity index (χ3v) is 7.66. The molecule has 2 aromatic carbocycles. The minimum atomic E-state index is -1.90. The molecule has 6 N–H and O–H groups in total. The molecule has 4 rings (SSSR count). The summed E-state index contributed by atoms with van der Waals surface area (Å²) in [5.74, 6) is -2.47. The number of piperidine rings is 1. The molecule has 2 aliphatic heterocycles. The van der Waals surface area contributed by atoms with E-state index in [-0.39, 0.29) is 17.7 Å². The van der Waals surface area contributed by atoms with E-state index in [1.807, 2.05) is 12.1 Å². The number of ether oxygens (including phenoxy) is 2. The second kappa shape index (κ2) is 12.4. The molecule has 0 spiro atoms. The Hall–Kier alpha value is -2.35. The Kier molecular flexibility index (Phi) is 9.45. The van der Waals surface area contributed by atoms with Crippen LogP contribution in [0, 0.1) is 5.82 Å². The highest BCUT2D eigenvalue weighted by Crippen LogP contribution is 2.35. The Balaban J connectivity index is 1.33. The molecule has 0 bridgehead atoms. The van der Waals surface area contributed by atoms with Gasteiger partial charge in [-0.3, -0.25) is 0 Å². The summed E-state index contributed by atoms with van der Waals surface area (Å²) < 4.78 is 24.7. The lowest BCUT2D eigenvalue weighted by molar-refractivity contribution is -0.271.